The molecule has 5 nitrogen and oxygen atoms in total. The third-order valence-corrected chi connectivity index (χ3v) is 4.65. The smallest absolute Gasteiger partial charge is 0.161 e. The molecule has 0 radical (unpaired) electrons. The van der Waals surface area contributed by atoms with Gasteiger partial charge in [0.25, 0.3) is 0 Å². The Morgan fingerprint density at radius 3 is 2.53 bits per heavy atom. The zero-order chi connectivity index (χ0) is 20.9. The van der Waals surface area contributed by atoms with Crippen LogP contribution >= 0.6 is 0 Å². The SMILES string of the molecule is COc1cc(C=Nc2ccc(-c3nc4ccccc4[nH]3)cc2)ccc1OCC(C)C. The van der Waals surface area contributed by atoms with E-state index < -0.39 is 0 Å². The van der Waals surface area contributed by atoms with Crippen LogP contribution < -0.4 is 9.47 Å². The largest absolute Gasteiger partial charge is 0.493 e. The number of nitrogens with one attached hydrogen (secondary N) is 1. The van der Waals surface area contributed by atoms with Crippen molar-refractivity contribution in [3.05, 3.63) is 72.3 Å². The maximum absolute atomic E-state index is 5.81. The van der Waals surface area contributed by atoms with Crippen molar-refractivity contribution in [1.29, 1.82) is 0 Å². The zero-order valence-corrected chi connectivity index (χ0v) is 17.4. The molecule has 0 saturated carbocycles. The van der Waals surface area contributed by atoms with Gasteiger partial charge in [-0.15, -0.1) is 0 Å². The summed E-state index contributed by atoms with van der Waals surface area (Å²) in [6, 6.07) is 21.9. The van der Waals surface area contributed by atoms with E-state index >= 15 is 0 Å². The summed E-state index contributed by atoms with van der Waals surface area (Å²) in [5, 5.41) is 0. The standard InChI is InChI=1S/C25H25N3O2/c1-17(2)16-30-23-13-8-18(14-24(23)29-3)15-26-20-11-9-19(10-12-20)25-27-21-6-4-5-7-22(21)28-25/h4-15,17H,16H2,1-3H3,(H,27,28). The monoisotopic (exact) mass is 399 g/mol. The van der Waals surface area contributed by atoms with E-state index in [0.717, 1.165) is 39.4 Å². The van der Waals surface area contributed by atoms with Gasteiger partial charge in [0.2, 0.25) is 0 Å². The minimum atomic E-state index is 0.457. The second kappa shape index (κ2) is 8.82. The molecule has 4 aromatic rings. The lowest BCUT2D eigenvalue weighted by Crippen LogP contribution is -2.05. The highest BCUT2D eigenvalue weighted by atomic mass is 16.5. The van der Waals surface area contributed by atoms with Gasteiger partial charge >= 0.3 is 0 Å². The minimum Gasteiger partial charge on any atom is -0.493 e. The Hall–Kier alpha value is -3.60. The first-order valence-electron chi connectivity index (χ1n) is 10.0. The average molecular weight is 399 g/mol. The number of ether oxygens (including phenoxy) is 2. The summed E-state index contributed by atoms with van der Waals surface area (Å²) in [5.74, 6) is 2.77. The summed E-state index contributed by atoms with van der Waals surface area (Å²) in [5.41, 5.74) is 4.84. The third kappa shape index (κ3) is 4.51. The number of aliphatic imine (C=N–C) groups is 1. The number of methoxy groups -OCH3 is 1. The number of hydrogen-bond acceptors (Lipinski definition) is 4. The number of nitrogens with zero attached hydrogens (tertiary/aromatic N) is 2. The van der Waals surface area contributed by atoms with Crippen LogP contribution in [0.3, 0.4) is 0 Å². The van der Waals surface area contributed by atoms with E-state index in [2.05, 4.69) is 28.8 Å². The number of aromatic nitrogens is 2. The Morgan fingerprint density at radius 1 is 1.00 bits per heavy atom. The van der Waals surface area contributed by atoms with Crippen molar-refractivity contribution in [2.45, 2.75) is 13.8 Å². The number of fused-ring (bicyclic) bond motifs is 1. The van der Waals surface area contributed by atoms with Crippen molar-refractivity contribution in [2.75, 3.05) is 13.7 Å². The van der Waals surface area contributed by atoms with Crippen molar-refractivity contribution in [3.63, 3.8) is 0 Å². The molecule has 0 fully saturated rings. The van der Waals surface area contributed by atoms with Gasteiger partial charge in [-0.3, -0.25) is 4.99 Å². The molecule has 30 heavy (non-hydrogen) atoms. The van der Waals surface area contributed by atoms with Crippen LogP contribution in [0.15, 0.2) is 71.7 Å². The molecular formula is C25H25N3O2. The van der Waals surface area contributed by atoms with Crippen LogP contribution in [-0.2, 0) is 0 Å². The fraction of sp³-hybridized carbons (Fsp3) is 0.200. The molecule has 1 heterocycles. The second-order valence-electron chi connectivity index (χ2n) is 7.52. The number of benzene rings is 3. The van der Waals surface area contributed by atoms with Gasteiger partial charge in [0.05, 0.1) is 30.4 Å². The summed E-state index contributed by atoms with van der Waals surface area (Å²) >= 11 is 0. The lowest BCUT2D eigenvalue weighted by atomic mass is 10.2. The van der Waals surface area contributed by atoms with Gasteiger partial charge in [-0.1, -0.05) is 26.0 Å². The van der Waals surface area contributed by atoms with E-state index in [4.69, 9.17) is 9.47 Å². The van der Waals surface area contributed by atoms with Crippen molar-refractivity contribution in [3.8, 4) is 22.9 Å². The van der Waals surface area contributed by atoms with Gasteiger partial charge < -0.3 is 14.5 Å². The first-order valence-corrected chi connectivity index (χ1v) is 10.0. The molecule has 1 N–H and O–H groups in total. The van der Waals surface area contributed by atoms with Crippen LogP contribution in [0, 0.1) is 5.92 Å². The molecule has 0 amide bonds. The Bertz CT molecular complexity index is 1130. The predicted octanol–water partition coefficient (Wildman–Crippen LogP) is 6.02. The normalized spacial score (nSPS) is 11.5. The zero-order valence-electron chi connectivity index (χ0n) is 17.4. The summed E-state index contributed by atoms with van der Waals surface area (Å²) < 4.78 is 11.3. The molecule has 1 aromatic heterocycles. The number of para-hydroxylation sites is 2. The number of imidazole rings is 1. The minimum absolute atomic E-state index is 0.457. The van der Waals surface area contributed by atoms with E-state index in [1.54, 1.807) is 7.11 Å². The molecule has 4 rings (SSSR count). The van der Waals surface area contributed by atoms with Crippen molar-refractivity contribution in [2.24, 2.45) is 10.9 Å². The highest BCUT2D eigenvalue weighted by Gasteiger charge is 2.07. The van der Waals surface area contributed by atoms with E-state index in [1.165, 1.54) is 0 Å². The second-order valence-corrected chi connectivity index (χ2v) is 7.52. The van der Waals surface area contributed by atoms with Gasteiger partial charge in [-0.2, -0.15) is 0 Å². The van der Waals surface area contributed by atoms with Gasteiger partial charge in [-0.05, 0) is 66.1 Å². The molecule has 0 spiro atoms. The average Bonchev–Trinajstić information content (AvgIpc) is 3.21. The third-order valence-electron chi connectivity index (χ3n) is 4.65. The predicted molar refractivity (Wildman–Crippen MR) is 122 cm³/mol. The molecule has 0 aliphatic heterocycles. The van der Waals surface area contributed by atoms with Crippen LogP contribution in [0.2, 0.25) is 0 Å². The van der Waals surface area contributed by atoms with E-state index in [0.29, 0.717) is 18.3 Å². The summed E-state index contributed by atoms with van der Waals surface area (Å²) in [4.78, 5) is 12.6. The van der Waals surface area contributed by atoms with Crippen molar-refractivity contribution >= 4 is 22.9 Å². The van der Waals surface area contributed by atoms with Crippen LogP contribution in [0.25, 0.3) is 22.4 Å². The maximum Gasteiger partial charge on any atom is 0.161 e. The molecule has 152 valence electrons. The number of hydrogen-bond donors (Lipinski definition) is 1. The van der Waals surface area contributed by atoms with Gasteiger partial charge in [0.15, 0.2) is 11.5 Å². The molecule has 3 aromatic carbocycles. The van der Waals surface area contributed by atoms with Crippen molar-refractivity contribution < 1.29 is 9.47 Å². The molecule has 5 heteroatoms. The molecular weight excluding hydrogens is 374 g/mol. The Labute approximate surface area is 176 Å². The fourth-order valence-electron chi connectivity index (χ4n) is 3.08. The van der Waals surface area contributed by atoms with Crippen molar-refractivity contribution in [1.82, 2.24) is 9.97 Å². The van der Waals surface area contributed by atoms with Gasteiger partial charge in [0, 0.05) is 11.8 Å². The quantitative estimate of drug-likeness (QED) is 0.386. The maximum atomic E-state index is 5.81. The molecule has 0 unspecified atom stereocenters. The molecule has 0 saturated heterocycles. The van der Waals surface area contributed by atoms with E-state index in [-0.39, 0.29) is 0 Å². The molecule has 0 aliphatic carbocycles. The van der Waals surface area contributed by atoms with Crippen LogP contribution in [0.1, 0.15) is 19.4 Å². The number of rotatable bonds is 7. The summed E-state index contributed by atoms with van der Waals surface area (Å²) in [7, 11) is 1.65. The van der Waals surface area contributed by atoms with Crippen LogP contribution in [0.4, 0.5) is 5.69 Å². The highest BCUT2D eigenvalue weighted by molar-refractivity contribution is 5.83. The number of aromatic amines is 1. The Kier molecular flexibility index (Phi) is 5.80. The molecule has 0 bridgehead atoms. The van der Waals surface area contributed by atoms with Gasteiger partial charge in [0.1, 0.15) is 5.82 Å². The topological polar surface area (TPSA) is 59.5 Å². The fourth-order valence-corrected chi connectivity index (χ4v) is 3.08. The first-order chi connectivity index (χ1) is 14.6. The summed E-state index contributed by atoms with van der Waals surface area (Å²) in [6.07, 6.45) is 1.82. The van der Waals surface area contributed by atoms with Crippen LogP contribution in [-0.4, -0.2) is 29.9 Å². The Balaban J connectivity index is 1.48. The number of H-pyrrole nitrogens is 1. The van der Waals surface area contributed by atoms with Gasteiger partial charge in [-0.25, -0.2) is 4.98 Å². The van der Waals surface area contributed by atoms with E-state index in [9.17, 15) is 0 Å². The molecule has 0 atom stereocenters. The van der Waals surface area contributed by atoms with Crippen LogP contribution in [0.5, 0.6) is 11.5 Å². The van der Waals surface area contributed by atoms with E-state index in [1.807, 2.05) is 72.9 Å². The summed E-state index contributed by atoms with van der Waals surface area (Å²) in [6.45, 7) is 4.89. The first kappa shape index (κ1) is 19.7. The lowest BCUT2D eigenvalue weighted by Gasteiger charge is -2.12. The Morgan fingerprint density at radius 2 is 1.80 bits per heavy atom. The lowest BCUT2D eigenvalue weighted by molar-refractivity contribution is 0.257. The molecule has 0 aliphatic rings. The highest BCUT2D eigenvalue weighted by Crippen LogP contribution is 2.28.